The van der Waals surface area contributed by atoms with Gasteiger partial charge in [-0.1, -0.05) is 25.3 Å². The third-order valence-electron chi connectivity index (χ3n) is 5.41. The van der Waals surface area contributed by atoms with Crippen LogP contribution in [0, 0.1) is 0 Å². The maximum absolute atomic E-state index is 11.8. The van der Waals surface area contributed by atoms with Crippen molar-refractivity contribution in [1.29, 1.82) is 0 Å². The highest BCUT2D eigenvalue weighted by molar-refractivity contribution is 6.00. The molecule has 25 heavy (non-hydrogen) atoms. The van der Waals surface area contributed by atoms with Crippen molar-refractivity contribution in [3.05, 3.63) is 47.9 Å². The van der Waals surface area contributed by atoms with Gasteiger partial charge in [0.1, 0.15) is 0 Å². The number of nitrogens with zero attached hydrogens (tertiary/aromatic N) is 1. The van der Waals surface area contributed by atoms with Gasteiger partial charge in [-0.3, -0.25) is 10.0 Å². The molecule has 1 saturated carbocycles. The molecule has 2 aromatic heterocycles. The van der Waals surface area contributed by atoms with E-state index in [1.54, 1.807) is 24.1 Å². The molecule has 0 unspecified atom stereocenters. The molecular formula is C20H22N2O3. The van der Waals surface area contributed by atoms with Gasteiger partial charge in [0.15, 0.2) is 0 Å². The molecule has 1 aliphatic rings. The molecule has 0 bridgehead atoms. The van der Waals surface area contributed by atoms with E-state index in [1.165, 1.54) is 43.1 Å². The molecule has 2 N–H and O–H groups in total. The quantitative estimate of drug-likeness (QED) is 0.541. The zero-order valence-electron chi connectivity index (χ0n) is 14.3. The van der Waals surface area contributed by atoms with E-state index in [0.29, 0.717) is 11.5 Å². The van der Waals surface area contributed by atoms with E-state index in [4.69, 9.17) is 9.62 Å². The second-order valence-electron chi connectivity index (χ2n) is 6.84. The number of aryl methyl sites for hydroxylation is 1. The molecule has 0 spiro atoms. The van der Waals surface area contributed by atoms with E-state index < -0.39 is 5.91 Å². The van der Waals surface area contributed by atoms with Gasteiger partial charge < -0.3 is 8.98 Å². The zero-order valence-corrected chi connectivity index (χ0v) is 14.3. The summed E-state index contributed by atoms with van der Waals surface area (Å²) in [5.74, 6) is 0.0343. The summed E-state index contributed by atoms with van der Waals surface area (Å²) in [6.07, 6.45) is 9.70. The summed E-state index contributed by atoms with van der Waals surface area (Å²) >= 11 is 0. The predicted molar refractivity (Wildman–Crippen MR) is 95.7 cm³/mol. The van der Waals surface area contributed by atoms with E-state index in [1.807, 2.05) is 25.2 Å². The summed E-state index contributed by atoms with van der Waals surface area (Å²) in [6, 6.07) is 7.62. The van der Waals surface area contributed by atoms with E-state index in [0.717, 1.165) is 16.8 Å². The second-order valence-corrected chi connectivity index (χ2v) is 6.84. The minimum atomic E-state index is -0.493. The van der Waals surface area contributed by atoms with Crippen LogP contribution in [0.1, 0.15) is 53.9 Å². The molecule has 1 aromatic carbocycles. The molecule has 1 fully saturated rings. The third kappa shape index (κ3) is 2.65. The molecule has 1 aliphatic carbocycles. The van der Waals surface area contributed by atoms with Crippen LogP contribution in [0.15, 0.2) is 41.2 Å². The maximum Gasteiger partial charge on any atom is 0.274 e. The average molecular weight is 338 g/mol. The van der Waals surface area contributed by atoms with Crippen molar-refractivity contribution in [2.75, 3.05) is 0 Å². The van der Waals surface area contributed by atoms with Crippen LogP contribution in [0.3, 0.4) is 0 Å². The monoisotopic (exact) mass is 338 g/mol. The molecule has 5 nitrogen and oxygen atoms in total. The Bertz CT molecular complexity index is 903. The Labute approximate surface area is 146 Å². The van der Waals surface area contributed by atoms with Crippen molar-refractivity contribution in [3.8, 4) is 11.3 Å². The Kier molecular flexibility index (Phi) is 4.09. The van der Waals surface area contributed by atoms with Gasteiger partial charge in [-0.2, -0.15) is 0 Å². The van der Waals surface area contributed by atoms with Crippen LogP contribution in [0.25, 0.3) is 22.2 Å². The predicted octanol–water partition coefficient (Wildman–Crippen LogP) is 4.61. The lowest BCUT2D eigenvalue weighted by Gasteiger charge is -2.23. The van der Waals surface area contributed by atoms with E-state index >= 15 is 0 Å². The van der Waals surface area contributed by atoms with Crippen molar-refractivity contribution in [1.82, 2.24) is 10.0 Å². The normalized spacial score (nSPS) is 15.6. The number of hydroxylamine groups is 1. The van der Waals surface area contributed by atoms with Gasteiger partial charge in [-0.25, -0.2) is 5.48 Å². The zero-order chi connectivity index (χ0) is 17.4. The summed E-state index contributed by atoms with van der Waals surface area (Å²) < 4.78 is 7.47. The minimum Gasteiger partial charge on any atom is -0.472 e. The lowest BCUT2D eigenvalue weighted by atomic mass is 9.82. The summed E-state index contributed by atoms with van der Waals surface area (Å²) in [5.41, 5.74) is 6.74. The average Bonchev–Trinajstić information content (AvgIpc) is 3.28. The fraction of sp³-hybridized carbons (Fsp3) is 0.350. The van der Waals surface area contributed by atoms with Crippen LogP contribution in [-0.2, 0) is 7.05 Å². The van der Waals surface area contributed by atoms with Crippen LogP contribution >= 0.6 is 0 Å². The number of benzene rings is 1. The van der Waals surface area contributed by atoms with Crippen molar-refractivity contribution in [3.63, 3.8) is 0 Å². The highest BCUT2D eigenvalue weighted by Crippen LogP contribution is 2.43. The Hall–Kier alpha value is -2.53. The lowest BCUT2D eigenvalue weighted by Crippen LogP contribution is -2.18. The van der Waals surface area contributed by atoms with Crippen LogP contribution in [0.5, 0.6) is 0 Å². The van der Waals surface area contributed by atoms with Gasteiger partial charge in [0.05, 0.1) is 18.2 Å². The molecular weight excluding hydrogens is 316 g/mol. The fourth-order valence-corrected chi connectivity index (χ4v) is 4.22. The Morgan fingerprint density at radius 2 is 2.04 bits per heavy atom. The van der Waals surface area contributed by atoms with Crippen LogP contribution in [-0.4, -0.2) is 15.7 Å². The lowest BCUT2D eigenvalue weighted by molar-refractivity contribution is 0.0706. The Morgan fingerprint density at radius 1 is 1.24 bits per heavy atom. The first-order chi connectivity index (χ1) is 12.2. The number of hydrogen-bond acceptors (Lipinski definition) is 3. The number of aromatic nitrogens is 1. The number of fused-ring (bicyclic) bond motifs is 1. The summed E-state index contributed by atoms with van der Waals surface area (Å²) in [7, 11) is 2.03. The molecule has 0 atom stereocenters. The largest absolute Gasteiger partial charge is 0.472 e. The smallest absolute Gasteiger partial charge is 0.274 e. The number of hydrogen-bond donors (Lipinski definition) is 2. The number of amides is 1. The van der Waals surface area contributed by atoms with Crippen molar-refractivity contribution >= 4 is 16.8 Å². The molecule has 1 amide bonds. The summed E-state index contributed by atoms with van der Waals surface area (Å²) in [6.45, 7) is 0. The van der Waals surface area contributed by atoms with Gasteiger partial charge in [0, 0.05) is 29.1 Å². The highest BCUT2D eigenvalue weighted by Gasteiger charge is 2.26. The SMILES string of the molecule is Cn1c(-c2ccoc2)c(C2CCCCC2)c2ccc(C(=O)NO)cc21. The molecule has 4 rings (SSSR count). The molecule has 5 heteroatoms. The van der Waals surface area contributed by atoms with E-state index in [2.05, 4.69) is 4.57 Å². The van der Waals surface area contributed by atoms with Crippen molar-refractivity contribution in [2.45, 2.75) is 38.0 Å². The third-order valence-corrected chi connectivity index (χ3v) is 5.41. The van der Waals surface area contributed by atoms with E-state index in [-0.39, 0.29) is 0 Å². The van der Waals surface area contributed by atoms with Crippen LogP contribution < -0.4 is 5.48 Å². The first kappa shape index (κ1) is 16.0. The van der Waals surface area contributed by atoms with Crippen molar-refractivity contribution in [2.24, 2.45) is 7.05 Å². The van der Waals surface area contributed by atoms with Crippen LogP contribution in [0.4, 0.5) is 0 Å². The molecule has 2 heterocycles. The van der Waals surface area contributed by atoms with Gasteiger partial charge in [0.2, 0.25) is 0 Å². The number of carbonyl (C=O) groups excluding carboxylic acids is 1. The molecule has 3 aromatic rings. The standard InChI is InChI=1S/C20H22N2O3/c1-22-17-11-14(20(23)21-24)7-8-16(17)18(13-5-3-2-4-6-13)19(22)15-9-10-25-12-15/h7-13,24H,2-6H2,1H3,(H,21,23). The molecule has 0 aliphatic heterocycles. The number of carbonyl (C=O) groups is 1. The van der Waals surface area contributed by atoms with E-state index in [9.17, 15) is 4.79 Å². The fourth-order valence-electron chi connectivity index (χ4n) is 4.22. The Morgan fingerprint density at radius 3 is 2.72 bits per heavy atom. The Balaban J connectivity index is 1.96. The van der Waals surface area contributed by atoms with Gasteiger partial charge in [-0.15, -0.1) is 0 Å². The summed E-state index contributed by atoms with van der Waals surface area (Å²) in [5, 5.41) is 10.1. The van der Waals surface area contributed by atoms with Gasteiger partial charge in [-0.05, 0) is 42.5 Å². The number of furan rings is 1. The minimum absolute atomic E-state index is 0.449. The van der Waals surface area contributed by atoms with Gasteiger partial charge in [0.25, 0.3) is 5.91 Å². The maximum atomic E-state index is 11.8. The molecule has 0 radical (unpaired) electrons. The number of nitrogens with one attached hydrogen (secondary N) is 1. The number of rotatable bonds is 3. The highest BCUT2D eigenvalue weighted by atomic mass is 16.5. The summed E-state index contributed by atoms with van der Waals surface area (Å²) in [4.78, 5) is 11.8. The second kappa shape index (κ2) is 6.41. The van der Waals surface area contributed by atoms with Gasteiger partial charge >= 0.3 is 0 Å². The molecule has 0 saturated heterocycles. The first-order valence-electron chi connectivity index (χ1n) is 8.80. The van der Waals surface area contributed by atoms with Crippen molar-refractivity contribution < 1.29 is 14.4 Å². The van der Waals surface area contributed by atoms with Crippen LogP contribution in [0.2, 0.25) is 0 Å². The molecule has 130 valence electrons. The topological polar surface area (TPSA) is 67.4 Å². The first-order valence-corrected chi connectivity index (χ1v) is 8.80.